The summed E-state index contributed by atoms with van der Waals surface area (Å²) < 4.78 is 55.3. The van der Waals surface area contributed by atoms with Gasteiger partial charge in [0.25, 0.3) is 0 Å². The largest absolute Gasteiger partial charge is 0.495 e. The average molecular weight is 398 g/mol. The number of methoxy groups -OCH3 is 1. The van der Waals surface area contributed by atoms with Crippen LogP contribution in [0.25, 0.3) is 0 Å². The van der Waals surface area contributed by atoms with Crippen molar-refractivity contribution in [1.29, 1.82) is 0 Å². The Labute approximate surface area is 133 Å². The molecule has 6 nitrogen and oxygen atoms in total. The van der Waals surface area contributed by atoms with E-state index >= 15 is 0 Å². The summed E-state index contributed by atoms with van der Waals surface area (Å²) in [5.74, 6) is 0.109. The molecule has 1 fully saturated rings. The summed E-state index contributed by atoms with van der Waals surface area (Å²) in [5, 5.41) is 0. The van der Waals surface area contributed by atoms with Gasteiger partial charge in [-0.15, -0.1) is 0 Å². The van der Waals surface area contributed by atoms with E-state index in [4.69, 9.17) is 4.74 Å². The summed E-state index contributed by atoms with van der Waals surface area (Å²) in [4.78, 5) is 0.0196. The molecule has 9 heteroatoms. The number of sulfone groups is 1. The minimum Gasteiger partial charge on any atom is -0.495 e. The summed E-state index contributed by atoms with van der Waals surface area (Å²) in [6, 6.07) is 4.14. The molecule has 1 aromatic carbocycles. The first-order chi connectivity index (χ1) is 9.67. The van der Waals surface area contributed by atoms with Gasteiger partial charge in [0.05, 0.1) is 18.6 Å². The molecule has 0 saturated carbocycles. The number of halogens is 1. The van der Waals surface area contributed by atoms with E-state index in [0.29, 0.717) is 10.9 Å². The maximum absolute atomic E-state index is 12.7. The number of sulfonamides is 1. The minimum atomic E-state index is -3.82. The van der Waals surface area contributed by atoms with Crippen molar-refractivity contribution in [1.82, 2.24) is 4.31 Å². The Kier molecular flexibility index (Phi) is 4.67. The van der Waals surface area contributed by atoms with Gasteiger partial charge < -0.3 is 4.74 Å². The smallest absolute Gasteiger partial charge is 0.246 e. The van der Waals surface area contributed by atoms with Gasteiger partial charge in [0, 0.05) is 17.6 Å². The fourth-order valence-electron chi connectivity index (χ4n) is 2.27. The van der Waals surface area contributed by atoms with Crippen molar-refractivity contribution >= 4 is 35.8 Å². The van der Waals surface area contributed by atoms with Crippen LogP contribution in [0.5, 0.6) is 5.75 Å². The van der Waals surface area contributed by atoms with Crippen LogP contribution >= 0.6 is 15.9 Å². The third-order valence-electron chi connectivity index (χ3n) is 3.51. The lowest BCUT2D eigenvalue weighted by atomic mass is 10.3. The van der Waals surface area contributed by atoms with Crippen LogP contribution < -0.4 is 4.74 Å². The van der Waals surface area contributed by atoms with Gasteiger partial charge >= 0.3 is 0 Å². The predicted molar refractivity (Wildman–Crippen MR) is 82.7 cm³/mol. The summed E-state index contributed by atoms with van der Waals surface area (Å²) in [5.41, 5.74) is 0. The van der Waals surface area contributed by atoms with Gasteiger partial charge in [0.2, 0.25) is 10.0 Å². The summed E-state index contributed by atoms with van der Waals surface area (Å²) in [6.07, 6.45) is 0.314. The summed E-state index contributed by atoms with van der Waals surface area (Å²) in [6.45, 7) is 0. The Bertz CT molecular complexity index is 745. The molecule has 0 aliphatic carbocycles. The Morgan fingerprint density at radius 2 is 2.05 bits per heavy atom. The number of hydrogen-bond acceptors (Lipinski definition) is 5. The topological polar surface area (TPSA) is 80.8 Å². The van der Waals surface area contributed by atoms with Crippen LogP contribution in [0.15, 0.2) is 27.6 Å². The molecule has 1 unspecified atom stereocenters. The van der Waals surface area contributed by atoms with Crippen LogP contribution in [0.3, 0.4) is 0 Å². The molecular weight excluding hydrogens is 382 g/mol. The van der Waals surface area contributed by atoms with E-state index in [-0.39, 0.29) is 22.2 Å². The van der Waals surface area contributed by atoms with Crippen molar-refractivity contribution in [2.24, 2.45) is 0 Å². The van der Waals surface area contributed by atoms with Gasteiger partial charge in [-0.1, -0.05) is 15.9 Å². The van der Waals surface area contributed by atoms with Crippen LogP contribution in [0, 0.1) is 0 Å². The highest BCUT2D eigenvalue weighted by molar-refractivity contribution is 9.10. The molecule has 1 heterocycles. The van der Waals surface area contributed by atoms with Gasteiger partial charge in [0.15, 0.2) is 9.84 Å². The molecule has 0 spiro atoms. The van der Waals surface area contributed by atoms with E-state index in [1.54, 1.807) is 12.1 Å². The minimum absolute atomic E-state index is 0.0196. The monoisotopic (exact) mass is 397 g/mol. The van der Waals surface area contributed by atoms with Crippen molar-refractivity contribution in [3.8, 4) is 5.75 Å². The van der Waals surface area contributed by atoms with Gasteiger partial charge in [-0.2, -0.15) is 4.31 Å². The van der Waals surface area contributed by atoms with E-state index in [1.165, 1.54) is 20.2 Å². The molecule has 0 aromatic heterocycles. The molecule has 118 valence electrons. The van der Waals surface area contributed by atoms with E-state index < -0.39 is 25.9 Å². The maximum Gasteiger partial charge on any atom is 0.246 e. The highest BCUT2D eigenvalue weighted by atomic mass is 79.9. The van der Waals surface area contributed by atoms with Gasteiger partial charge in [0.1, 0.15) is 10.6 Å². The third-order valence-corrected chi connectivity index (χ3v) is 7.68. The normalized spacial score (nSPS) is 21.6. The van der Waals surface area contributed by atoms with Gasteiger partial charge in [-0.05, 0) is 24.6 Å². The number of ether oxygens (including phenoxy) is 1. The van der Waals surface area contributed by atoms with Gasteiger partial charge in [-0.25, -0.2) is 16.8 Å². The van der Waals surface area contributed by atoms with Crippen molar-refractivity contribution in [2.75, 3.05) is 25.7 Å². The summed E-state index contributed by atoms with van der Waals surface area (Å²) >= 11 is 3.23. The molecule has 0 amide bonds. The average Bonchev–Trinajstić information content (AvgIpc) is 2.78. The molecule has 1 atom stereocenters. The first kappa shape index (κ1) is 16.7. The van der Waals surface area contributed by atoms with Crippen molar-refractivity contribution < 1.29 is 21.6 Å². The zero-order valence-electron chi connectivity index (χ0n) is 11.6. The molecule has 1 aliphatic heterocycles. The first-order valence-electron chi connectivity index (χ1n) is 6.19. The van der Waals surface area contributed by atoms with Gasteiger partial charge in [-0.3, -0.25) is 0 Å². The highest BCUT2D eigenvalue weighted by Gasteiger charge is 2.37. The molecule has 2 rings (SSSR count). The van der Waals surface area contributed by atoms with Crippen molar-refractivity contribution in [3.05, 3.63) is 22.7 Å². The second kappa shape index (κ2) is 5.86. The number of nitrogens with zero attached hydrogens (tertiary/aromatic N) is 1. The molecule has 0 bridgehead atoms. The summed E-state index contributed by atoms with van der Waals surface area (Å²) in [7, 11) is -4.18. The van der Waals surface area contributed by atoms with E-state index in [0.717, 1.165) is 4.31 Å². The van der Waals surface area contributed by atoms with E-state index in [2.05, 4.69) is 15.9 Å². The Morgan fingerprint density at radius 1 is 1.38 bits per heavy atom. The van der Waals surface area contributed by atoms with E-state index in [9.17, 15) is 16.8 Å². The zero-order chi connectivity index (χ0) is 15.8. The lowest BCUT2D eigenvalue weighted by molar-refractivity contribution is 0.380. The SMILES string of the molecule is COc1ccc(Br)cc1S(=O)(=O)N(C)C1CCS(=O)(=O)C1. The van der Waals surface area contributed by atoms with Crippen LogP contribution in [0.4, 0.5) is 0 Å². The fraction of sp³-hybridized carbons (Fsp3) is 0.500. The number of hydrogen-bond donors (Lipinski definition) is 0. The Hall–Kier alpha value is -0.640. The standard InChI is InChI=1S/C12H16BrNO5S2/c1-14(10-5-6-20(15,16)8-10)21(17,18)12-7-9(13)3-4-11(12)19-2/h3-4,7,10H,5-6,8H2,1-2H3. The van der Waals surface area contributed by atoms with Crippen LogP contribution in [0.1, 0.15) is 6.42 Å². The lowest BCUT2D eigenvalue weighted by Gasteiger charge is -2.23. The Morgan fingerprint density at radius 3 is 2.57 bits per heavy atom. The first-order valence-corrected chi connectivity index (χ1v) is 10.2. The maximum atomic E-state index is 12.7. The fourth-order valence-corrected chi connectivity index (χ4v) is 6.21. The van der Waals surface area contributed by atoms with Crippen LogP contribution in [0.2, 0.25) is 0 Å². The molecule has 1 saturated heterocycles. The van der Waals surface area contributed by atoms with Crippen molar-refractivity contribution in [2.45, 2.75) is 17.4 Å². The molecule has 1 aromatic rings. The van der Waals surface area contributed by atoms with E-state index in [1.807, 2.05) is 0 Å². The quantitative estimate of drug-likeness (QED) is 0.763. The second-order valence-corrected chi connectivity index (χ2v) is 9.98. The molecule has 1 aliphatic rings. The Balaban J connectivity index is 2.40. The molecule has 0 N–H and O–H groups in total. The zero-order valence-corrected chi connectivity index (χ0v) is 14.8. The predicted octanol–water partition coefficient (Wildman–Crippen LogP) is 1.27. The van der Waals surface area contributed by atoms with Crippen LogP contribution in [-0.2, 0) is 19.9 Å². The van der Waals surface area contributed by atoms with Crippen LogP contribution in [-0.4, -0.2) is 52.8 Å². The highest BCUT2D eigenvalue weighted by Crippen LogP contribution is 2.31. The molecule has 0 radical (unpaired) electrons. The van der Waals surface area contributed by atoms with Crippen molar-refractivity contribution in [3.63, 3.8) is 0 Å². The lowest BCUT2D eigenvalue weighted by Crippen LogP contribution is -2.37. The second-order valence-electron chi connectivity index (χ2n) is 4.87. The number of rotatable bonds is 4. The third kappa shape index (κ3) is 3.41. The molecular formula is C12H16BrNO5S2. The molecule has 21 heavy (non-hydrogen) atoms. The number of benzene rings is 1.